The van der Waals surface area contributed by atoms with Crippen LogP contribution in [-0.2, 0) is 21.7 Å². The summed E-state index contributed by atoms with van der Waals surface area (Å²) in [5.74, 6) is -1.28. The highest BCUT2D eigenvalue weighted by Crippen LogP contribution is 2.63. The van der Waals surface area contributed by atoms with Gasteiger partial charge in [-0.15, -0.1) is 0 Å². The van der Waals surface area contributed by atoms with Crippen LogP contribution in [-0.4, -0.2) is 23.6 Å². The summed E-state index contributed by atoms with van der Waals surface area (Å²) in [6.07, 6.45) is 68.3. The van der Waals surface area contributed by atoms with Crippen LogP contribution in [0.3, 0.4) is 0 Å². The number of hydrogen-bond donors (Lipinski definition) is 0. The molecule has 0 radical (unpaired) electrons. The maximum absolute atomic E-state index is 16.2. The van der Waals surface area contributed by atoms with Crippen LogP contribution >= 0.6 is 0 Å². The largest absolute Gasteiger partial charge is 0.268 e. The lowest BCUT2D eigenvalue weighted by molar-refractivity contribution is 0.0877. The van der Waals surface area contributed by atoms with E-state index in [2.05, 4.69) is 237 Å². The summed E-state index contributed by atoms with van der Waals surface area (Å²) in [5, 5.41) is 6.58. The second-order valence-electron chi connectivity index (χ2n) is 46.1. The zero-order valence-corrected chi connectivity index (χ0v) is 90.8. The summed E-state index contributed by atoms with van der Waals surface area (Å²) in [6.45, 7) is 18.6. The van der Waals surface area contributed by atoms with E-state index in [1.807, 2.05) is 24.3 Å². The minimum Gasteiger partial charge on any atom is -0.268 e. The zero-order valence-electron chi connectivity index (χ0n) is 90.8. The van der Waals surface area contributed by atoms with Gasteiger partial charge in [0.2, 0.25) is 0 Å². The first kappa shape index (κ1) is 104. The molecule has 2 heterocycles. The van der Waals surface area contributed by atoms with Crippen LogP contribution in [0.15, 0.2) is 206 Å². The molecular weight excluding hydrogens is 1770 g/mol. The zero-order chi connectivity index (χ0) is 101. The first-order chi connectivity index (χ1) is 71.8. The summed E-state index contributed by atoms with van der Waals surface area (Å²) in [7, 11) is 0. The lowest BCUT2D eigenvalue weighted by Crippen LogP contribution is -2.41. The lowest BCUT2D eigenvalue weighted by atomic mass is 9.69. The minimum absolute atomic E-state index is 0.0379. The average molecular weight is 1940 g/mol. The molecule has 6 nitrogen and oxygen atoms in total. The molecule has 0 aromatic heterocycles. The van der Waals surface area contributed by atoms with Crippen molar-refractivity contribution in [2.75, 3.05) is 9.80 Å². The van der Waals surface area contributed by atoms with E-state index >= 15 is 19.2 Å². The number of nitrogens with zero attached hydrogens (tertiary/aromatic N) is 2. The highest BCUT2D eigenvalue weighted by Gasteiger charge is 2.50. The Morgan fingerprint density at radius 1 is 0.164 bits per heavy atom. The quantitative estimate of drug-likeness (QED) is 0.0165. The Morgan fingerprint density at radius 2 is 0.342 bits per heavy atom. The third-order valence-electron chi connectivity index (χ3n) is 36.7. The van der Waals surface area contributed by atoms with Gasteiger partial charge < -0.3 is 0 Å². The molecule has 0 saturated heterocycles. The molecule has 6 heteroatoms. The molecule has 13 aromatic rings. The molecule has 0 spiro atoms. The molecule has 2 aliphatic heterocycles. The molecule has 4 aliphatic carbocycles. The van der Waals surface area contributed by atoms with Crippen LogP contribution in [0, 0.1) is 0 Å². The number of amides is 4. The minimum atomic E-state index is -0.359. The van der Waals surface area contributed by atoms with Crippen LogP contribution in [0.5, 0.6) is 0 Å². The Kier molecular flexibility index (Phi) is 34.1. The van der Waals surface area contributed by atoms with Gasteiger partial charge in [-0.3, -0.25) is 19.2 Å². The molecular formula is C140H170N2O4. The van der Waals surface area contributed by atoms with E-state index in [1.54, 1.807) is 11.1 Å². The number of imide groups is 2. The third kappa shape index (κ3) is 20.1. The predicted molar refractivity (Wildman–Crippen MR) is 622 cm³/mol. The fourth-order valence-corrected chi connectivity index (χ4v) is 28.9. The number of hydrogen-bond acceptors (Lipinski definition) is 4. The van der Waals surface area contributed by atoms with Gasteiger partial charge in [0.15, 0.2) is 0 Å². The van der Waals surface area contributed by atoms with Crippen LogP contribution in [0.25, 0.3) is 110 Å². The van der Waals surface area contributed by atoms with E-state index in [1.165, 1.54) is 392 Å². The van der Waals surface area contributed by atoms with Gasteiger partial charge in [0.05, 0.1) is 11.4 Å². The van der Waals surface area contributed by atoms with Gasteiger partial charge in [0.1, 0.15) is 0 Å². The molecule has 19 rings (SSSR count). The van der Waals surface area contributed by atoms with Crippen molar-refractivity contribution < 1.29 is 19.2 Å². The Balaban J connectivity index is 0.657. The first-order valence-corrected chi connectivity index (χ1v) is 59.9. The Labute approximate surface area is 877 Å². The number of fused-ring (bicyclic) bond motifs is 14. The van der Waals surface area contributed by atoms with Crippen molar-refractivity contribution in [1.29, 1.82) is 0 Å². The van der Waals surface area contributed by atoms with Crippen LogP contribution in [0.1, 0.15) is 501 Å². The summed E-state index contributed by atoms with van der Waals surface area (Å²) >= 11 is 0. The summed E-state index contributed by atoms with van der Waals surface area (Å²) < 4.78 is 0. The molecule has 764 valence electrons. The predicted octanol–water partition coefficient (Wildman–Crippen LogP) is 41.7. The monoisotopic (exact) mass is 1940 g/mol. The SMILES string of the molecule is CCCCCCCCC1(CCCCCCCC)c2ccccc2-c2ccc(-c3ccc4c(c3)C(CCCCCCCC)(CCCCCCCC)c3cc(N5C(=O)c6ccc7c8ccc9c%10c(ccc(c%11ccc(c6c7%11)C5=O)c%108)C(=O)N(c5ccc6c(c5)C(CCCCCCCC)(CCCCCCCC)c5cc(-c7ccc8c(c7)C(CCCCCCCC)(CCCCCCCC)c7ccccc7-8)ccc5-6)C9=O)ccc3-4)cc21. The molecule has 146 heavy (non-hydrogen) atoms. The number of unbranched alkanes of at least 4 members (excludes halogenated alkanes) is 40. The Bertz CT molecular complexity index is 6200. The van der Waals surface area contributed by atoms with Gasteiger partial charge in [-0.1, -0.05) is 497 Å². The van der Waals surface area contributed by atoms with Crippen molar-refractivity contribution in [1.82, 2.24) is 0 Å². The molecule has 0 fully saturated rings. The molecule has 4 amide bonds. The number of benzene rings is 13. The topological polar surface area (TPSA) is 74.8 Å². The second-order valence-corrected chi connectivity index (χ2v) is 46.1. The smallest absolute Gasteiger partial charge is 0.265 e. The normalized spacial score (nSPS) is 15.0. The summed E-state index contributed by atoms with van der Waals surface area (Å²) in [5.41, 5.74) is 29.7. The fraction of sp³-hybridized carbons (Fsp3) is 0.486. The average Bonchev–Trinajstić information content (AvgIpc) is 1.14. The molecule has 13 aromatic carbocycles. The lowest BCUT2D eigenvalue weighted by Gasteiger charge is -2.35. The van der Waals surface area contributed by atoms with Gasteiger partial charge in [-0.05, 0) is 268 Å². The van der Waals surface area contributed by atoms with E-state index in [-0.39, 0.29) is 45.3 Å². The Hall–Kier alpha value is -10.6. The maximum Gasteiger partial charge on any atom is 0.265 e. The number of anilines is 2. The van der Waals surface area contributed by atoms with Crippen molar-refractivity contribution in [2.45, 2.75) is 437 Å². The van der Waals surface area contributed by atoms with E-state index in [0.29, 0.717) is 44.4 Å². The van der Waals surface area contributed by atoms with Gasteiger partial charge in [-0.2, -0.15) is 0 Å². The highest BCUT2D eigenvalue weighted by molar-refractivity contribution is 6.45. The van der Waals surface area contributed by atoms with Crippen LogP contribution < -0.4 is 9.80 Å². The van der Waals surface area contributed by atoms with Crippen molar-refractivity contribution in [2.24, 2.45) is 0 Å². The first-order valence-electron chi connectivity index (χ1n) is 59.9. The molecule has 0 saturated carbocycles. The van der Waals surface area contributed by atoms with Gasteiger partial charge in [-0.25, -0.2) is 9.80 Å². The second kappa shape index (κ2) is 47.9. The van der Waals surface area contributed by atoms with Crippen molar-refractivity contribution in [3.63, 3.8) is 0 Å². The Morgan fingerprint density at radius 3 is 0.568 bits per heavy atom. The van der Waals surface area contributed by atoms with Crippen molar-refractivity contribution in [3.8, 4) is 66.8 Å². The van der Waals surface area contributed by atoms with E-state index < -0.39 is 0 Å². The number of rotatable bonds is 60. The van der Waals surface area contributed by atoms with E-state index in [9.17, 15) is 0 Å². The molecule has 6 aliphatic rings. The fourth-order valence-electron chi connectivity index (χ4n) is 28.9. The summed E-state index contributed by atoms with van der Waals surface area (Å²) in [4.78, 5) is 68.0. The standard InChI is InChI=1S/C140H170N2O4/c1-9-17-25-33-41-53-85-137(86-54-42-34-26-18-10-2)121-63-51-49-61-105(121)107-71-65-99(93-123(107)137)101-67-73-109-111-75-69-103(97-127(111)139(125(109)95-101,89-57-45-37-29-21-13-5)90-58-46-38-30-22-14-6)141-133(143)117-81-77-113-115-79-83-119-132-120(84-80-116(130(115)132)114-78-82-118(134(141)144)131(117)129(113)114)136(146)142(135(119)145)104-70-76-112-110-74-68-102(96-126(110)140(128(112)98-104,91-59-47-39-31-23-15-7)92-60-48-40-32-24-16-8)100-66-72-108-106-62-50-52-64-122(106)138(124(108)94-100,87-55-43-35-27-19-11-3)88-56-44-36-28-20-12-4/h49-52,61-84,93-98H,9-48,53-60,85-92H2,1-8H3. The molecule has 0 atom stereocenters. The molecule has 0 unspecified atom stereocenters. The van der Waals surface area contributed by atoms with Crippen molar-refractivity contribution >= 4 is 78.1 Å². The molecule has 0 N–H and O–H groups in total. The van der Waals surface area contributed by atoms with E-state index in [0.717, 1.165) is 109 Å². The van der Waals surface area contributed by atoms with E-state index in [4.69, 9.17) is 0 Å². The number of carbonyl (C=O) groups is 4. The van der Waals surface area contributed by atoms with Gasteiger partial charge in [0.25, 0.3) is 23.6 Å². The van der Waals surface area contributed by atoms with Gasteiger partial charge >= 0.3 is 0 Å². The highest BCUT2D eigenvalue weighted by atomic mass is 16.2. The number of carbonyl (C=O) groups excluding carboxylic acids is 4. The van der Waals surface area contributed by atoms with Crippen LogP contribution in [0.2, 0.25) is 0 Å². The van der Waals surface area contributed by atoms with Crippen molar-refractivity contribution in [3.05, 3.63) is 273 Å². The third-order valence-corrected chi connectivity index (χ3v) is 36.7. The van der Waals surface area contributed by atoms with Gasteiger partial charge in [0, 0.05) is 54.7 Å². The molecule has 0 bridgehead atoms. The van der Waals surface area contributed by atoms with Crippen LogP contribution in [0.4, 0.5) is 11.4 Å². The maximum atomic E-state index is 16.2. The summed E-state index contributed by atoms with van der Waals surface area (Å²) in [6, 6.07) is 78.5.